The van der Waals surface area contributed by atoms with E-state index in [0.717, 1.165) is 49.9 Å². The standard InChI is InChI=1S/C22H22ClNO3/c23-19-6-4-18(5-7-19)22(10-11-22)21(27)24-12-8-15(9-13-24)16-2-1-3-17(14-16)20(25)26/h1-7,14-15H,8-13H2,(H,25,26). The van der Waals surface area contributed by atoms with Crippen molar-refractivity contribution in [3.05, 3.63) is 70.2 Å². The lowest BCUT2D eigenvalue weighted by Crippen LogP contribution is -2.43. The van der Waals surface area contributed by atoms with Gasteiger partial charge < -0.3 is 10.0 Å². The van der Waals surface area contributed by atoms with Gasteiger partial charge in [-0.2, -0.15) is 0 Å². The van der Waals surface area contributed by atoms with Crippen LogP contribution >= 0.6 is 11.6 Å². The first kappa shape index (κ1) is 18.1. The summed E-state index contributed by atoms with van der Waals surface area (Å²) in [6.45, 7) is 1.44. The maximum absolute atomic E-state index is 13.2. The van der Waals surface area contributed by atoms with Crippen LogP contribution in [0.2, 0.25) is 5.02 Å². The van der Waals surface area contributed by atoms with Crippen molar-refractivity contribution in [2.24, 2.45) is 0 Å². The molecule has 1 N–H and O–H groups in total. The molecule has 1 heterocycles. The van der Waals surface area contributed by atoms with E-state index in [4.69, 9.17) is 11.6 Å². The van der Waals surface area contributed by atoms with Crippen LogP contribution in [0.15, 0.2) is 48.5 Å². The average molecular weight is 384 g/mol. The third-order valence-corrected chi connectivity index (χ3v) is 6.20. The third kappa shape index (κ3) is 3.46. The summed E-state index contributed by atoms with van der Waals surface area (Å²) >= 11 is 5.98. The Labute approximate surface area is 163 Å². The fourth-order valence-electron chi connectivity index (χ4n) is 4.16. The predicted octanol–water partition coefficient (Wildman–Crippen LogP) is 4.48. The van der Waals surface area contributed by atoms with E-state index < -0.39 is 5.97 Å². The number of rotatable bonds is 4. The van der Waals surface area contributed by atoms with Crippen LogP contribution in [0.25, 0.3) is 0 Å². The Morgan fingerprint density at radius 1 is 1.04 bits per heavy atom. The summed E-state index contributed by atoms with van der Waals surface area (Å²) in [6, 6.07) is 14.8. The van der Waals surface area contributed by atoms with Crippen molar-refractivity contribution >= 4 is 23.5 Å². The lowest BCUT2D eigenvalue weighted by molar-refractivity contribution is -0.135. The van der Waals surface area contributed by atoms with Crippen LogP contribution in [0.3, 0.4) is 0 Å². The number of nitrogens with zero attached hydrogens (tertiary/aromatic N) is 1. The Kier molecular flexibility index (Phi) is 4.68. The molecular weight excluding hydrogens is 362 g/mol. The Morgan fingerprint density at radius 3 is 2.30 bits per heavy atom. The third-order valence-electron chi connectivity index (χ3n) is 5.94. The molecule has 0 bridgehead atoms. The molecule has 140 valence electrons. The number of piperidine rings is 1. The second-order valence-corrected chi connectivity index (χ2v) is 8.02. The number of hydrogen-bond donors (Lipinski definition) is 1. The van der Waals surface area contributed by atoms with Gasteiger partial charge in [0.25, 0.3) is 0 Å². The summed E-state index contributed by atoms with van der Waals surface area (Å²) < 4.78 is 0. The summed E-state index contributed by atoms with van der Waals surface area (Å²) in [7, 11) is 0. The lowest BCUT2D eigenvalue weighted by atomic mass is 9.87. The van der Waals surface area contributed by atoms with E-state index in [0.29, 0.717) is 16.5 Å². The number of benzene rings is 2. The molecule has 1 aliphatic heterocycles. The number of halogens is 1. The zero-order chi connectivity index (χ0) is 19.0. The quantitative estimate of drug-likeness (QED) is 0.847. The monoisotopic (exact) mass is 383 g/mol. The van der Waals surface area contributed by atoms with Crippen molar-refractivity contribution in [2.45, 2.75) is 37.0 Å². The molecule has 0 aromatic heterocycles. The van der Waals surface area contributed by atoms with Crippen LogP contribution < -0.4 is 0 Å². The van der Waals surface area contributed by atoms with Crippen LogP contribution in [0, 0.1) is 0 Å². The summed E-state index contributed by atoms with van der Waals surface area (Å²) in [5.74, 6) is -0.371. The first-order valence-electron chi connectivity index (χ1n) is 9.38. The van der Waals surface area contributed by atoms with Crippen molar-refractivity contribution in [1.82, 2.24) is 4.90 Å². The summed E-state index contributed by atoms with van der Waals surface area (Å²) in [6.07, 6.45) is 3.53. The first-order chi connectivity index (χ1) is 13.0. The molecule has 0 radical (unpaired) electrons. The Morgan fingerprint density at radius 2 is 1.70 bits per heavy atom. The van der Waals surface area contributed by atoms with E-state index in [-0.39, 0.29) is 11.3 Å². The molecular formula is C22H22ClNO3. The van der Waals surface area contributed by atoms with Gasteiger partial charge in [-0.1, -0.05) is 35.9 Å². The summed E-state index contributed by atoms with van der Waals surface area (Å²) in [4.78, 5) is 26.3. The second-order valence-electron chi connectivity index (χ2n) is 7.59. The number of carboxylic acid groups (broad SMARTS) is 1. The zero-order valence-electron chi connectivity index (χ0n) is 15.0. The molecule has 2 aliphatic rings. The lowest BCUT2D eigenvalue weighted by Gasteiger charge is -2.35. The number of amides is 1. The number of carbonyl (C=O) groups excluding carboxylic acids is 1. The zero-order valence-corrected chi connectivity index (χ0v) is 15.8. The number of carboxylic acids is 1. The van der Waals surface area contributed by atoms with Crippen molar-refractivity contribution in [1.29, 1.82) is 0 Å². The molecule has 0 spiro atoms. The Bertz CT molecular complexity index is 865. The predicted molar refractivity (Wildman–Crippen MR) is 104 cm³/mol. The maximum Gasteiger partial charge on any atom is 0.335 e. The van der Waals surface area contributed by atoms with Gasteiger partial charge in [-0.05, 0) is 67.0 Å². The molecule has 2 fully saturated rings. The summed E-state index contributed by atoms with van der Waals surface area (Å²) in [5.41, 5.74) is 2.08. The minimum atomic E-state index is -0.900. The van der Waals surface area contributed by atoms with Gasteiger partial charge >= 0.3 is 5.97 Å². The largest absolute Gasteiger partial charge is 0.478 e. The van der Waals surface area contributed by atoms with Gasteiger partial charge in [0, 0.05) is 18.1 Å². The van der Waals surface area contributed by atoms with Crippen molar-refractivity contribution in [3.8, 4) is 0 Å². The van der Waals surface area contributed by atoms with Crippen LogP contribution in [-0.2, 0) is 10.2 Å². The van der Waals surface area contributed by atoms with Crippen molar-refractivity contribution in [3.63, 3.8) is 0 Å². The minimum Gasteiger partial charge on any atom is -0.478 e. The Hall–Kier alpha value is -2.33. The fraction of sp³-hybridized carbons (Fsp3) is 0.364. The number of hydrogen-bond acceptors (Lipinski definition) is 2. The molecule has 0 unspecified atom stereocenters. The average Bonchev–Trinajstić information content (AvgIpc) is 3.50. The highest BCUT2D eigenvalue weighted by Gasteiger charge is 2.53. The van der Waals surface area contributed by atoms with E-state index in [1.807, 2.05) is 35.2 Å². The fourth-order valence-corrected chi connectivity index (χ4v) is 4.29. The van der Waals surface area contributed by atoms with E-state index >= 15 is 0 Å². The van der Waals surface area contributed by atoms with Crippen LogP contribution in [0.5, 0.6) is 0 Å². The van der Waals surface area contributed by atoms with E-state index in [1.165, 1.54) is 0 Å². The van der Waals surface area contributed by atoms with E-state index in [2.05, 4.69) is 0 Å². The van der Waals surface area contributed by atoms with Crippen LogP contribution in [-0.4, -0.2) is 35.0 Å². The highest BCUT2D eigenvalue weighted by atomic mass is 35.5. The second kappa shape index (κ2) is 7.01. The molecule has 1 aliphatic carbocycles. The molecule has 4 nitrogen and oxygen atoms in total. The minimum absolute atomic E-state index is 0.225. The molecule has 1 amide bonds. The van der Waals surface area contributed by atoms with Gasteiger partial charge in [-0.25, -0.2) is 4.79 Å². The first-order valence-corrected chi connectivity index (χ1v) is 9.76. The van der Waals surface area contributed by atoms with E-state index in [9.17, 15) is 14.7 Å². The van der Waals surface area contributed by atoms with Gasteiger partial charge in [0.15, 0.2) is 0 Å². The summed E-state index contributed by atoms with van der Waals surface area (Å²) in [5, 5.41) is 9.87. The van der Waals surface area contributed by atoms with Gasteiger partial charge in [-0.15, -0.1) is 0 Å². The van der Waals surface area contributed by atoms with Crippen LogP contribution in [0.4, 0.5) is 0 Å². The molecule has 2 aromatic rings. The topological polar surface area (TPSA) is 57.6 Å². The van der Waals surface area contributed by atoms with E-state index in [1.54, 1.807) is 18.2 Å². The van der Waals surface area contributed by atoms with Gasteiger partial charge in [0.1, 0.15) is 0 Å². The molecule has 2 aromatic carbocycles. The maximum atomic E-state index is 13.2. The molecule has 4 rings (SSSR count). The van der Waals surface area contributed by atoms with Gasteiger partial charge in [0.05, 0.1) is 11.0 Å². The number of carbonyl (C=O) groups is 2. The highest BCUT2D eigenvalue weighted by molar-refractivity contribution is 6.30. The molecule has 0 atom stereocenters. The number of likely N-dealkylation sites (tertiary alicyclic amines) is 1. The molecule has 27 heavy (non-hydrogen) atoms. The van der Waals surface area contributed by atoms with Crippen molar-refractivity contribution < 1.29 is 14.7 Å². The van der Waals surface area contributed by atoms with Gasteiger partial charge in [-0.3, -0.25) is 4.79 Å². The molecule has 1 saturated heterocycles. The SMILES string of the molecule is O=C(O)c1cccc(C2CCN(C(=O)C3(c4ccc(Cl)cc4)CC3)CC2)c1. The Balaban J connectivity index is 1.43. The highest BCUT2D eigenvalue weighted by Crippen LogP contribution is 2.50. The van der Waals surface area contributed by atoms with Crippen LogP contribution in [0.1, 0.15) is 53.1 Å². The van der Waals surface area contributed by atoms with Gasteiger partial charge in [0.2, 0.25) is 5.91 Å². The normalized spacial score (nSPS) is 18.9. The molecule has 5 heteroatoms. The number of aromatic carboxylic acids is 1. The molecule has 1 saturated carbocycles. The smallest absolute Gasteiger partial charge is 0.335 e. The van der Waals surface area contributed by atoms with Crippen molar-refractivity contribution in [2.75, 3.05) is 13.1 Å².